The smallest absolute Gasteiger partial charge is 0.270 e. The highest BCUT2D eigenvalue weighted by Crippen LogP contribution is 2.42. The Bertz CT molecular complexity index is 1480. The van der Waals surface area contributed by atoms with Crippen molar-refractivity contribution in [1.82, 2.24) is 4.90 Å². The summed E-state index contributed by atoms with van der Waals surface area (Å²) in [5, 5.41) is 23.1. The van der Waals surface area contributed by atoms with Crippen molar-refractivity contribution in [3.05, 3.63) is 146 Å². The fourth-order valence-electron chi connectivity index (χ4n) is 4.67. The van der Waals surface area contributed by atoms with Gasteiger partial charge in [-0.3, -0.25) is 25.0 Å². The van der Waals surface area contributed by atoms with Crippen molar-refractivity contribution in [2.24, 2.45) is 0 Å². The number of hydrogen-bond acceptors (Lipinski definition) is 6. The van der Waals surface area contributed by atoms with E-state index < -0.39 is 16.0 Å². The first kappa shape index (κ1) is 23.7. The van der Waals surface area contributed by atoms with Crippen LogP contribution in [0.15, 0.2) is 103 Å². The lowest BCUT2D eigenvalue weighted by Gasteiger charge is -2.46. The van der Waals surface area contributed by atoms with E-state index in [1.165, 1.54) is 24.3 Å². The zero-order chi connectivity index (χ0) is 25.9. The minimum Gasteiger partial charge on any atom is -0.342 e. The molecule has 0 saturated heterocycles. The molecule has 0 saturated carbocycles. The molecule has 1 amide bonds. The molecular weight excluding hydrogens is 472 g/mol. The normalized spacial score (nSPS) is 14.8. The molecule has 0 aromatic heterocycles. The van der Waals surface area contributed by atoms with Gasteiger partial charge in [-0.15, -0.1) is 0 Å². The molecule has 5 rings (SSSR count). The van der Waals surface area contributed by atoms with Crippen molar-refractivity contribution in [2.75, 3.05) is 4.90 Å². The number of rotatable bonds is 7. The number of non-ortho nitro benzene ring substituents is 2. The number of nitro benzene ring substituents is 2. The Morgan fingerprint density at radius 2 is 1.22 bits per heavy atom. The van der Waals surface area contributed by atoms with Crippen molar-refractivity contribution in [3.63, 3.8) is 0 Å². The van der Waals surface area contributed by atoms with Gasteiger partial charge in [-0.1, -0.05) is 72.8 Å². The maximum atomic E-state index is 13.9. The molecule has 1 heterocycles. The van der Waals surface area contributed by atoms with Gasteiger partial charge in [0, 0.05) is 42.9 Å². The second-order valence-corrected chi connectivity index (χ2v) is 8.72. The van der Waals surface area contributed by atoms with E-state index in [4.69, 9.17) is 0 Å². The average molecular weight is 495 g/mol. The monoisotopic (exact) mass is 494 g/mol. The number of amides is 1. The van der Waals surface area contributed by atoms with Crippen LogP contribution in [0.5, 0.6) is 0 Å². The van der Waals surface area contributed by atoms with Crippen LogP contribution in [0.3, 0.4) is 0 Å². The molecule has 0 spiro atoms. The third-order valence-corrected chi connectivity index (χ3v) is 6.35. The van der Waals surface area contributed by atoms with Crippen LogP contribution >= 0.6 is 0 Å². The number of anilines is 1. The molecule has 0 unspecified atom stereocenters. The van der Waals surface area contributed by atoms with Crippen LogP contribution < -0.4 is 4.90 Å². The molecule has 1 atom stereocenters. The van der Waals surface area contributed by atoms with Crippen LogP contribution in [0.2, 0.25) is 0 Å². The van der Waals surface area contributed by atoms with E-state index in [1.54, 1.807) is 23.1 Å². The molecule has 0 aliphatic carbocycles. The Morgan fingerprint density at radius 3 is 1.81 bits per heavy atom. The van der Waals surface area contributed by atoms with E-state index in [1.807, 2.05) is 65.6 Å². The standard InChI is InChI=1S/C28H22N4O5/c33-28-25-17-24(32(36)37)14-15-26(25)29(18-20-8-3-1-4-9-20)27(22-12-7-13-23(16-22)31(34)35)30(28)19-21-10-5-2-6-11-21/h1-17,27H,18-19H2/t27-/m1/s1. The lowest BCUT2D eigenvalue weighted by Crippen LogP contribution is -2.48. The van der Waals surface area contributed by atoms with Gasteiger partial charge in [-0.25, -0.2) is 0 Å². The Kier molecular flexibility index (Phi) is 6.34. The number of hydrogen-bond donors (Lipinski definition) is 0. The Balaban J connectivity index is 1.72. The van der Waals surface area contributed by atoms with Gasteiger partial charge < -0.3 is 9.80 Å². The molecule has 37 heavy (non-hydrogen) atoms. The molecule has 9 nitrogen and oxygen atoms in total. The van der Waals surface area contributed by atoms with Crippen LogP contribution in [-0.2, 0) is 13.1 Å². The first-order valence-corrected chi connectivity index (χ1v) is 11.6. The van der Waals surface area contributed by atoms with Crippen LogP contribution in [0, 0.1) is 20.2 Å². The Labute approximate surface area is 212 Å². The molecule has 0 bridgehead atoms. The van der Waals surface area contributed by atoms with E-state index in [0.29, 0.717) is 17.8 Å². The third kappa shape index (κ3) is 4.74. The SMILES string of the molecule is O=C1c2cc([N+](=O)[O-])ccc2N(Cc2ccccc2)[C@@H](c2cccc([N+](=O)[O-])c2)N1Cc1ccccc1. The van der Waals surface area contributed by atoms with Gasteiger partial charge >= 0.3 is 0 Å². The number of fused-ring (bicyclic) bond motifs is 1. The molecule has 184 valence electrons. The van der Waals surface area contributed by atoms with Gasteiger partial charge in [-0.05, 0) is 17.2 Å². The van der Waals surface area contributed by atoms with Crippen LogP contribution in [0.4, 0.5) is 17.1 Å². The molecule has 0 radical (unpaired) electrons. The second kappa shape index (κ2) is 9.90. The van der Waals surface area contributed by atoms with Crippen molar-refractivity contribution in [3.8, 4) is 0 Å². The number of carbonyl (C=O) groups excluding carboxylic acids is 1. The summed E-state index contributed by atoms with van der Waals surface area (Å²) in [5.74, 6) is -0.386. The van der Waals surface area contributed by atoms with Gasteiger partial charge in [0.2, 0.25) is 0 Å². The summed E-state index contributed by atoms with van der Waals surface area (Å²) in [7, 11) is 0. The van der Waals surface area contributed by atoms with Crippen molar-refractivity contribution < 1.29 is 14.6 Å². The molecule has 0 fully saturated rings. The number of nitrogens with zero attached hydrogens (tertiary/aromatic N) is 4. The van der Waals surface area contributed by atoms with E-state index in [9.17, 15) is 25.0 Å². The highest BCUT2D eigenvalue weighted by atomic mass is 16.6. The van der Waals surface area contributed by atoms with E-state index >= 15 is 0 Å². The number of benzene rings is 4. The van der Waals surface area contributed by atoms with Crippen molar-refractivity contribution in [1.29, 1.82) is 0 Å². The largest absolute Gasteiger partial charge is 0.342 e. The molecule has 4 aromatic carbocycles. The summed E-state index contributed by atoms with van der Waals surface area (Å²) in [4.78, 5) is 39.7. The zero-order valence-corrected chi connectivity index (χ0v) is 19.6. The lowest BCUT2D eigenvalue weighted by atomic mass is 9.98. The highest BCUT2D eigenvalue weighted by Gasteiger charge is 2.40. The molecule has 9 heteroatoms. The zero-order valence-electron chi connectivity index (χ0n) is 19.6. The minimum absolute atomic E-state index is 0.0845. The fraction of sp³-hybridized carbons (Fsp3) is 0.107. The first-order valence-electron chi connectivity index (χ1n) is 11.6. The van der Waals surface area contributed by atoms with Gasteiger partial charge in [0.15, 0.2) is 0 Å². The van der Waals surface area contributed by atoms with Gasteiger partial charge in [-0.2, -0.15) is 0 Å². The molecule has 1 aliphatic heterocycles. The van der Waals surface area contributed by atoms with Crippen molar-refractivity contribution >= 4 is 23.0 Å². The summed E-state index contributed by atoms with van der Waals surface area (Å²) < 4.78 is 0. The van der Waals surface area contributed by atoms with Crippen LogP contribution in [-0.4, -0.2) is 20.7 Å². The summed E-state index contributed by atoms with van der Waals surface area (Å²) in [6.45, 7) is 0.581. The molecule has 4 aromatic rings. The van der Waals surface area contributed by atoms with Crippen LogP contribution in [0.1, 0.15) is 33.2 Å². The van der Waals surface area contributed by atoms with Gasteiger partial charge in [0.05, 0.1) is 21.1 Å². The van der Waals surface area contributed by atoms with Gasteiger partial charge in [0.25, 0.3) is 17.3 Å². The Hall–Kier alpha value is -5.05. The first-order chi connectivity index (χ1) is 17.9. The predicted molar refractivity (Wildman–Crippen MR) is 138 cm³/mol. The van der Waals surface area contributed by atoms with Crippen LogP contribution in [0.25, 0.3) is 0 Å². The number of carbonyl (C=O) groups is 1. The maximum absolute atomic E-state index is 13.9. The predicted octanol–water partition coefficient (Wildman–Crippen LogP) is 5.86. The summed E-state index contributed by atoms with van der Waals surface area (Å²) >= 11 is 0. The topological polar surface area (TPSA) is 110 Å². The quantitative estimate of drug-likeness (QED) is 0.235. The second-order valence-electron chi connectivity index (χ2n) is 8.72. The fourth-order valence-corrected chi connectivity index (χ4v) is 4.67. The maximum Gasteiger partial charge on any atom is 0.270 e. The Morgan fingerprint density at radius 1 is 0.649 bits per heavy atom. The summed E-state index contributed by atoms with van der Waals surface area (Å²) in [6, 6.07) is 29.5. The highest BCUT2D eigenvalue weighted by molar-refractivity contribution is 6.02. The average Bonchev–Trinajstić information content (AvgIpc) is 2.92. The van der Waals surface area contributed by atoms with E-state index in [0.717, 1.165) is 11.1 Å². The third-order valence-electron chi connectivity index (χ3n) is 6.35. The van der Waals surface area contributed by atoms with Crippen molar-refractivity contribution in [2.45, 2.75) is 19.3 Å². The van der Waals surface area contributed by atoms with Gasteiger partial charge in [0.1, 0.15) is 6.17 Å². The van der Waals surface area contributed by atoms with E-state index in [-0.39, 0.29) is 29.4 Å². The number of nitro groups is 2. The van der Waals surface area contributed by atoms with E-state index in [2.05, 4.69) is 0 Å². The molecular formula is C28H22N4O5. The molecule has 0 N–H and O–H groups in total. The minimum atomic E-state index is -0.693. The lowest BCUT2D eigenvalue weighted by molar-refractivity contribution is -0.385. The summed E-state index contributed by atoms with van der Waals surface area (Å²) in [6.07, 6.45) is -0.693. The molecule has 1 aliphatic rings. The summed E-state index contributed by atoms with van der Waals surface area (Å²) in [5.41, 5.74) is 2.86.